The fourth-order valence-corrected chi connectivity index (χ4v) is 4.03. The maximum Gasteiger partial charge on any atom is 0.226 e. The minimum Gasteiger partial charge on any atom is -0.381 e. The first-order chi connectivity index (χ1) is 12.3. The molecule has 0 bridgehead atoms. The van der Waals surface area contributed by atoms with Crippen molar-refractivity contribution in [3.05, 3.63) is 48.5 Å². The summed E-state index contributed by atoms with van der Waals surface area (Å²) in [6.07, 6.45) is 9.39. The molecule has 2 saturated heterocycles. The predicted molar refractivity (Wildman–Crippen MR) is 95.5 cm³/mol. The number of carbonyl (C=O) groups is 1. The number of hydrogen-bond acceptors (Lipinski definition) is 3. The van der Waals surface area contributed by atoms with Gasteiger partial charge in [0.05, 0.1) is 12.7 Å². The number of nitrogens with zero attached hydrogens (tertiary/aromatic N) is 3. The lowest BCUT2D eigenvalue weighted by Crippen LogP contribution is -2.40. The van der Waals surface area contributed by atoms with Crippen LogP contribution in [0.5, 0.6) is 0 Å². The van der Waals surface area contributed by atoms with Crippen LogP contribution in [0.4, 0.5) is 0 Å². The van der Waals surface area contributed by atoms with Crippen molar-refractivity contribution in [1.82, 2.24) is 14.5 Å². The van der Waals surface area contributed by atoms with E-state index in [0.29, 0.717) is 12.3 Å². The van der Waals surface area contributed by atoms with Gasteiger partial charge in [-0.05, 0) is 48.8 Å². The lowest BCUT2D eigenvalue weighted by molar-refractivity contribution is -0.132. The van der Waals surface area contributed by atoms with Gasteiger partial charge in [0.2, 0.25) is 5.91 Å². The standard InChI is InChI=1S/C20H25N3O2/c24-20(22-9-5-17(6-10-22)18-7-12-25-14-18)13-16-1-3-19(4-2-16)23-11-8-21-15-23/h1-4,8,11,15,17-18H,5-7,9-10,12-14H2. The number of likely N-dealkylation sites (tertiary alicyclic amines) is 1. The highest BCUT2D eigenvalue weighted by Crippen LogP contribution is 2.30. The number of amides is 1. The van der Waals surface area contributed by atoms with Crippen LogP contribution in [-0.4, -0.2) is 46.7 Å². The molecular weight excluding hydrogens is 314 g/mol. The molecule has 2 aromatic rings. The van der Waals surface area contributed by atoms with E-state index < -0.39 is 0 Å². The zero-order valence-electron chi connectivity index (χ0n) is 14.5. The van der Waals surface area contributed by atoms with Crippen LogP contribution in [0, 0.1) is 11.8 Å². The van der Waals surface area contributed by atoms with Crippen molar-refractivity contribution in [2.75, 3.05) is 26.3 Å². The molecule has 2 aliphatic heterocycles. The van der Waals surface area contributed by atoms with Gasteiger partial charge in [0, 0.05) is 44.4 Å². The molecular formula is C20H25N3O2. The third-order valence-electron chi connectivity index (χ3n) is 5.62. The largest absolute Gasteiger partial charge is 0.381 e. The van der Waals surface area contributed by atoms with Crippen molar-refractivity contribution in [2.24, 2.45) is 11.8 Å². The van der Waals surface area contributed by atoms with Crippen LogP contribution in [0.1, 0.15) is 24.8 Å². The summed E-state index contributed by atoms with van der Waals surface area (Å²) in [6.45, 7) is 3.63. The quantitative estimate of drug-likeness (QED) is 0.860. The molecule has 1 amide bonds. The van der Waals surface area contributed by atoms with Crippen molar-refractivity contribution >= 4 is 5.91 Å². The molecule has 0 N–H and O–H groups in total. The number of imidazole rings is 1. The summed E-state index contributed by atoms with van der Waals surface area (Å²) >= 11 is 0. The van der Waals surface area contributed by atoms with Crippen molar-refractivity contribution < 1.29 is 9.53 Å². The molecule has 25 heavy (non-hydrogen) atoms. The first-order valence-electron chi connectivity index (χ1n) is 9.22. The molecule has 1 atom stereocenters. The van der Waals surface area contributed by atoms with Gasteiger partial charge in [0.15, 0.2) is 0 Å². The predicted octanol–water partition coefficient (Wildman–Crippen LogP) is 2.69. The minimum absolute atomic E-state index is 0.247. The van der Waals surface area contributed by atoms with E-state index in [0.717, 1.165) is 56.3 Å². The molecule has 1 unspecified atom stereocenters. The van der Waals surface area contributed by atoms with E-state index in [9.17, 15) is 4.79 Å². The number of ether oxygens (including phenoxy) is 1. The average Bonchev–Trinajstić information content (AvgIpc) is 3.36. The van der Waals surface area contributed by atoms with Gasteiger partial charge in [0.1, 0.15) is 0 Å². The number of hydrogen-bond donors (Lipinski definition) is 0. The molecule has 0 spiro atoms. The fourth-order valence-electron chi connectivity index (χ4n) is 4.03. The van der Waals surface area contributed by atoms with Crippen molar-refractivity contribution in [3.8, 4) is 5.69 Å². The molecule has 0 radical (unpaired) electrons. The SMILES string of the molecule is O=C(Cc1ccc(-n2ccnc2)cc1)N1CCC(C2CCOC2)CC1. The van der Waals surface area contributed by atoms with Gasteiger partial charge in [-0.1, -0.05) is 12.1 Å². The number of rotatable bonds is 4. The monoisotopic (exact) mass is 339 g/mol. The molecule has 1 aromatic carbocycles. The Kier molecular flexibility index (Phi) is 4.83. The molecule has 0 aliphatic carbocycles. The summed E-state index contributed by atoms with van der Waals surface area (Å²) in [5.41, 5.74) is 2.13. The highest BCUT2D eigenvalue weighted by atomic mass is 16.5. The zero-order chi connectivity index (χ0) is 17.1. The fraction of sp³-hybridized carbons (Fsp3) is 0.500. The number of aromatic nitrogens is 2. The van der Waals surface area contributed by atoms with Crippen LogP contribution in [-0.2, 0) is 16.0 Å². The van der Waals surface area contributed by atoms with E-state index in [1.165, 1.54) is 6.42 Å². The lowest BCUT2D eigenvalue weighted by atomic mass is 9.84. The van der Waals surface area contributed by atoms with Crippen LogP contribution >= 0.6 is 0 Å². The van der Waals surface area contributed by atoms with Gasteiger partial charge in [0.25, 0.3) is 0 Å². The lowest BCUT2D eigenvalue weighted by Gasteiger charge is -2.34. The Bertz CT molecular complexity index is 682. The highest BCUT2D eigenvalue weighted by Gasteiger charge is 2.30. The van der Waals surface area contributed by atoms with Crippen LogP contribution in [0.15, 0.2) is 43.0 Å². The third kappa shape index (κ3) is 3.76. The molecule has 3 heterocycles. The second kappa shape index (κ2) is 7.40. The Labute approximate surface area is 148 Å². The van der Waals surface area contributed by atoms with Crippen LogP contribution < -0.4 is 0 Å². The van der Waals surface area contributed by atoms with E-state index in [2.05, 4.69) is 4.98 Å². The smallest absolute Gasteiger partial charge is 0.226 e. The zero-order valence-corrected chi connectivity index (χ0v) is 14.5. The van der Waals surface area contributed by atoms with E-state index in [1.54, 1.807) is 12.5 Å². The van der Waals surface area contributed by atoms with Crippen LogP contribution in [0.3, 0.4) is 0 Å². The van der Waals surface area contributed by atoms with Crippen LogP contribution in [0.2, 0.25) is 0 Å². The minimum atomic E-state index is 0.247. The maximum atomic E-state index is 12.6. The first-order valence-corrected chi connectivity index (χ1v) is 9.22. The van der Waals surface area contributed by atoms with Gasteiger partial charge in [-0.25, -0.2) is 4.98 Å². The average molecular weight is 339 g/mol. The summed E-state index contributed by atoms with van der Waals surface area (Å²) in [6, 6.07) is 8.15. The van der Waals surface area contributed by atoms with Gasteiger partial charge in [-0.3, -0.25) is 4.79 Å². The molecule has 2 fully saturated rings. The topological polar surface area (TPSA) is 47.4 Å². The normalized spacial score (nSPS) is 21.6. The number of benzene rings is 1. The molecule has 132 valence electrons. The Morgan fingerprint density at radius 2 is 1.92 bits per heavy atom. The molecule has 2 aliphatic rings. The number of piperidine rings is 1. The van der Waals surface area contributed by atoms with Crippen molar-refractivity contribution in [3.63, 3.8) is 0 Å². The van der Waals surface area contributed by atoms with E-state index in [-0.39, 0.29) is 5.91 Å². The Hall–Kier alpha value is -2.14. The van der Waals surface area contributed by atoms with Gasteiger partial charge < -0.3 is 14.2 Å². The molecule has 1 aromatic heterocycles. The molecule has 5 heteroatoms. The summed E-state index contributed by atoms with van der Waals surface area (Å²) < 4.78 is 7.48. The summed E-state index contributed by atoms with van der Waals surface area (Å²) in [7, 11) is 0. The van der Waals surface area contributed by atoms with E-state index in [1.807, 2.05) is 39.9 Å². The molecule has 5 nitrogen and oxygen atoms in total. The molecule has 0 saturated carbocycles. The van der Waals surface area contributed by atoms with E-state index in [4.69, 9.17) is 4.74 Å². The Balaban J connectivity index is 1.30. The Morgan fingerprint density at radius 1 is 1.12 bits per heavy atom. The maximum absolute atomic E-state index is 12.6. The second-order valence-corrected chi connectivity index (χ2v) is 7.16. The van der Waals surface area contributed by atoms with Gasteiger partial charge in [-0.15, -0.1) is 0 Å². The highest BCUT2D eigenvalue weighted by molar-refractivity contribution is 5.78. The van der Waals surface area contributed by atoms with Crippen LogP contribution in [0.25, 0.3) is 5.69 Å². The Morgan fingerprint density at radius 3 is 2.56 bits per heavy atom. The molecule has 4 rings (SSSR count). The summed E-state index contributed by atoms with van der Waals surface area (Å²) in [4.78, 5) is 18.7. The summed E-state index contributed by atoms with van der Waals surface area (Å²) in [5.74, 6) is 1.70. The first kappa shape index (κ1) is 16.3. The van der Waals surface area contributed by atoms with Crippen molar-refractivity contribution in [1.29, 1.82) is 0 Å². The third-order valence-corrected chi connectivity index (χ3v) is 5.62. The number of carbonyl (C=O) groups excluding carboxylic acids is 1. The van der Waals surface area contributed by atoms with E-state index >= 15 is 0 Å². The van der Waals surface area contributed by atoms with Gasteiger partial charge in [-0.2, -0.15) is 0 Å². The van der Waals surface area contributed by atoms with Crippen molar-refractivity contribution in [2.45, 2.75) is 25.7 Å². The van der Waals surface area contributed by atoms with Gasteiger partial charge >= 0.3 is 0 Å². The second-order valence-electron chi connectivity index (χ2n) is 7.16. The summed E-state index contributed by atoms with van der Waals surface area (Å²) in [5, 5.41) is 0.